The van der Waals surface area contributed by atoms with Crippen LogP contribution in [0.3, 0.4) is 0 Å². The van der Waals surface area contributed by atoms with Crippen LogP contribution < -0.4 is 19.9 Å². The predicted molar refractivity (Wildman–Crippen MR) is 115 cm³/mol. The van der Waals surface area contributed by atoms with Crippen molar-refractivity contribution in [1.29, 1.82) is 0 Å². The number of nitrogens with two attached hydrogens (primary N) is 1. The minimum atomic E-state index is 0.186. The van der Waals surface area contributed by atoms with E-state index in [0.29, 0.717) is 19.2 Å². The van der Waals surface area contributed by atoms with E-state index in [1.165, 1.54) is 19.3 Å². The average Bonchev–Trinajstić information content (AvgIpc) is 3.22. The zero-order valence-electron chi connectivity index (χ0n) is 17.3. The van der Waals surface area contributed by atoms with Crippen molar-refractivity contribution in [3.8, 4) is 34.6 Å². The van der Waals surface area contributed by atoms with Gasteiger partial charge in [0.2, 0.25) is 0 Å². The number of nitrogens with zero attached hydrogens (tertiary/aromatic N) is 3. The van der Waals surface area contributed by atoms with E-state index in [-0.39, 0.29) is 6.10 Å². The van der Waals surface area contributed by atoms with Crippen LogP contribution in [0.5, 0.6) is 17.5 Å². The van der Waals surface area contributed by atoms with Crippen molar-refractivity contribution in [2.45, 2.75) is 38.2 Å². The predicted octanol–water partition coefficient (Wildman–Crippen LogP) is 3.99. The van der Waals surface area contributed by atoms with Crippen molar-refractivity contribution in [3.63, 3.8) is 0 Å². The maximum atomic E-state index is 6.14. The highest BCUT2D eigenvalue weighted by Gasteiger charge is 2.20. The van der Waals surface area contributed by atoms with Gasteiger partial charge in [0.15, 0.2) is 5.82 Å². The minimum absolute atomic E-state index is 0.186. The largest absolute Gasteiger partial charge is 0.497 e. The van der Waals surface area contributed by atoms with Gasteiger partial charge in [0.1, 0.15) is 24.2 Å². The number of aromatic nitrogens is 3. The lowest BCUT2D eigenvalue weighted by Crippen LogP contribution is -2.20. The monoisotopic (exact) mass is 408 g/mol. The second kappa shape index (κ2) is 9.63. The highest BCUT2D eigenvalue weighted by molar-refractivity contribution is 5.59. The molecule has 0 spiro atoms. The summed E-state index contributed by atoms with van der Waals surface area (Å²) >= 11 is 0. The van der Waals surface area contributed by atoms with Crippen LogP contribution in [0.25, 0.3) is 17.1 Å². The highest BCUT2D eigenvalue weighted by Crippen LogP contribution is 2.28. The van der Waals surface area contributed by atoms with Crippen molar-refractivity contribution in [2.75, 3.05) is 20.3 Å². The quantitative estimate of drug-likeness (QED) is 0.607. The fraction of sp³-hybridized carbons (Fsp3) is 0.391. The fourth-order valence-corrected chi connectivity index (χ4v) is 3.64. The fourth-order valence-electron chi connectivity index (χ4n) is 3.64. The standard InChI is InChI=1S/C23H28N4O3/c1-28-19-13-9-18(10-14-19)27-22(17-7-11-20(12-8-17)29-16-15-24)25-23(26-27)30-21-5-3-2-4-6-21/h7-14,21H,2-6,15-16,24H2,1H3. The highest BCUT2D eigenvalue weighted by atomic mass is 16.5. The van der Waals surface area contributed by atoms with Gasteiger partial charge < -0.3 is 19.9 Å². The van der Waals surface area contributed by atoms with Crippen LogP contribution in [0.15, 0.2) is 48.5 Å². The Morgan fingerprint density at radius 2 is 1.67 bits per heavy atom. The summed E-state index contributed by atoms with van der Waals surface area (Å²) in [5.74, 6) is 2.29. The van der Waals surface area contributed by atoms with Gasteiger partial charge in [-0.1, -0.05) is 6.42 Å². The van der Waals surface area contributed by atoms with Crippen LogP contribution in [0.4, 0.5) is 0 Å². The van der Waals surface area contributed by atoms with Crippen LogP contribution >= 0.6 is 0 Å². The van der Waals surface area contributed by atoms with E-state index in [0.717, 1.165) is 41.4 Å². The molecule has 0 unspecified atom stereocenters. The molecule has 7 nitrogen and oxygen atoms in total. The smallest absolute Gasteiger partial charge is 0.336 e. The summed E-state index contributed by atoms with van der Waals surface area (Å²) in [6, 6.07) is 15.9. The third-order valence-corrected chi connectivity index (χ3v) is 5.23. The molecule has 0 saturated heterocycles. The van der Waals surface area contributed by atoms with Crippen molar-refractivity contribution in [1.82, 2.24) is 14.8 Å². The molecule has 0 bridgehead atoms. The van der Waals surface area contributed by atoms with Gasteiger partial charge in [-0.15, -0.1) is 5.10 Å². The molecule has 1 fully saturated rings. The first-order valence-electron chi connectivity index (χ1n) is 10.5. The number of hydrogen-bond donors (Lipinski definition) is 1. The molecule has 0 atom stereocenters. The SMILES string of the molecule is COc1ccc(-n2nc(OC3CCCCC3)nc2-c2ccc(OCCN)cc2)cc1. The summed E-state index contributed by atoms with van der Waals surface area (Å²) in [6.07, 6.45) is 5.96. The molecular weight excluding hydrogens is 380 g/mol. The summed E-state index contributed by atoms with van der Waals surface area (Å²) in [5, 5.41) is 4.67. The van der Waals surface area contributed by atoms with Gasteiger partial charge in [0.05, 0.1) is 12.8 Å². The molecule has 158 valence electrons. The number of benzene rings is 2. The molecule has 1 heterocycles. The van der Waals surface area contributed by atoms with Crippen molar-refractivity contribution in [2.24, 2.45) is 5.73 Å². The second-order valence-corrected chi connectivity index (χ2v) is 7.37. The Labute approximate surface area is 176 Å². The van der Waals surface area contributed by atoms with E-state index in [1.54, 1.807) is 7.11 Å². The molecule has 1 aliphatic rings. The number of rotatable bonds is 8. The van der Waals surface area contributed by atoms with Crippen LogP contribution in [0.2, 0.25) is 0 Å². The molecule has 1 aromatic heterocycles. The van der Waals surface area contributed by atoms with Crippen LogP contribution in [-0.4, -0.2) is 41.1 Å². The lowest BCUT2D eigenvalue weighted by Gasteiger charge is -2.20. The third kappa shape index (κ3) is 4.74. The first-order valence-corrected chi connectivity index (χ1v) is 10.5. The lowest BCUT2D eigenvalue weighted by atomic mass is 9.98. The normalized spacial score (nSPS) is 14.5. The molecule has 4 rings (SSSR count). The van der Waals surface area contributed by atoms with Gasteiger partial charge in [0, 0.05) is 12.1 Å². The number of hydrogen-bond acceptors (Lipinski definition) is 6. The van der Waals surface area contributed by atoms with Crippen LogP contribution in [0, 0.1) is 0 Å². The van der Waals surface area contributed by atoms with Crippen LogP contribution in [-0.2, 0) is 0 Å². The Morgan fingerprint density at radius 3 is 2.33 bits per heavy atom. The van der Waals surface area contributed by atoms with Crippen molar-refractivity contribution in [3.05, 3.63) is 48.5 Å². The van der Waals surface area contributed by atoms with E-state index in [9.17, 15) is 0 Å². The maximum Gasteiger partial charge on any atom is 0.336 e. The van der Waals surface area contributed by atoms with Gasteiger partial charge in [-0.3, -0.25) is 0 Å². The van der Waals surface area contributed by atoms with Gasteiger partial charge in [0.25, 0.3) is 0 Å². The van der Waals surface area contributed by atoms with E-state index < -0.39 is 0 Å². The van der Waals surface area contributed by atoms with E-state index >= 15 is 0 Å². The molecule has 1 saturated carbocycles. The first-order chi connectivity index (χ1) is 14.8. The molecule has 7 heteroatoms. The molecular formula is C23H28N4O3. The first kappa shape index (κ1) is 20.2. The summed E-state index contributed by atoms with van der Waals surface area (Å²) < 4.78 is 18.8. The summed E-state index contributed by atoms with van der Waals surface area (Å²) in [6.45, 7) is 0.968. The summed E-state index contributed by atoms with van der Waals surface area (Å²) in [7, 11) is 1.65. The number of methoxy groups -OCH3 is 1. The topological polar surface area (TPSA) is 84.4 Å². The number of ether oxygens (including phenoxy) is 3. The maximum absolute atomic E-state index is 6.14. The molecule has 3 aromatic rings. The zero-order valence-corrected chi connectivity index (χ0v) is 17.3. The Bertz CT molecular complexity index is 932. The lowest BCUT2D eigenvalue weighted by molar-refractivity contribution is 0.142. The average molecular weight is 409 g/mol. The molecule has 0 radical (unpaired) electrons. The van der Waals surface area contributed by atoms with Gasteiger partial charge >= 0.3 is 6.01 Å². The summed E-state index contributed by atoms with van der Waals surface area (Å²) in [5.41, 5.74) is 7.33. The minimum Gasteiger partial charge on any atom is -0.497 e. The van der Waals surface area contributed by atoms with Gasteiger partial charge in [-0.25, -0.2) is 4.68 Å². The van der Waals surface area contributed by atoms with Gasteiger partial charge in [-0.2, -0.15) is 4.98 Å². The van der Waals surface area contributed by atoms with Crippen molar-refractivity contribution < 1.29 is 14.2 Å². The van der Waals surface area contributed by atoms with Crippen molar-refractivity contribution >= 4 is 0 Å². The molecule has 0 amide bonds. The molecule has 1 aliphatic carbocycles. The summed E-state index contributed by atoms with van der Waals surface area (Å²) in [4.78, 5) is 4.72. The Balaban J connectivity index is 1.65. The Kier molecular flexibility index (Phi) is 6.49. The Morgan fingerprint density at radius 1 is 0.967 bits per heavy atom. The molecule has 2 N–H and O–H groups in total. The second-order valence-electron chi connectivity index (χ2n) is 7.37. The van der Waals surface area contributed by atoms with E-state index in [4.69, 9.17) is 24.9 Å². The van der Waals surface area contributed by atoms with Crippen LogP contribution in [0.1, 0.15) is 32.1 Å². The van der Waals surface area contributed by atoms with E-state index in [1.807, 2.05) is 53.2 Å². The van der Waals surface area contributed by atoms with E-state index in [2.05, 4.69) is 5.10 Å². The molecule has 2 aromatic carbocycles. The molecule has 30 heavy (non-hydrogen) atoms. The third-order valence-electron chi connectivity index (χ3n) is 5.23. The molecule has 0 aliphatic heterocycles. The zero-order chi connectivity index (χ0) is 20.8. The van der Waals surface area contributed by atoms with Gasteiger partial charge in [-0.05, 0) is 74.2 Å². The Hall–Kier alpha value is -3.06.